The summed E-state index contributed by atoms with van der Waals surface area (Å²) in [5, 5.41) is 22.6. The summed E-state index contributed by atoms with van der Waals surface area (Å²) in [5.41, 5.74) is 1.94. The zero-order valence-electron chi connectivity index (χ0n) is 11.9. The predicted molar refractivity (Wildman–Crippen MR) is 78.0 cm³/mol. The van der Waals surface area contributed by atoms with Crippen molar-refractivity contribution in [2.24, 2.45) is 5.10 Å². The summed E-state index contributed by atoms with van der Waals surface area (Å²) in [5.74, 6) is -1.89. The van der Waals surface area contributed by atoms with E-state index in [0.717, 1.165) is 24.4 Å². The molecule has 1 amide bonds. The number of carbonyl (C=O) groups is 1. The lowest BCUT2D eigenvalue weighted by atomic mass is 10.2. The maximum atomic E-state index is 12.2. The van der Waals surface area contributed by atoms with Crippen molar-refractivity contribution in [3.63, 3.8) is 0 Å². The molecule has 0 fully saturated rings. The molecule has 2 rings (SSSR count). The van der Waals surface area contributed by atoms with Crippen LogP contribution in [0.4, 0.5) is 13.2 Å². The van der Waals surface area contributed by atoms with Crippen LogP contribution in [0.1, 0.15) is 15.9 Å². The third-order valence-corrected chi connectivity index (χ3v) is 2.75. The van der Waals surface area contributed by atoms with Crippen LogP contribution < -0.4 is 10.2 Å². The topological polar surface area (TPSA) is 91.2 Å². The van der Waals surface area contributed by atoms with E-state index in [4.69, 9.17) is 0 Å². The van der Waals surface area contributed by atoms with Crippen LogP contribution in [0.15, 0.2) is 47.6 Å². The summed E-state index contributed by atoms with van der Waals surface area (Å²) >= 11 is 0. The van der Waals surface area contributed by atoms with Gasteiger partial charge in [0, 0.05) is 5.56 Å². The summed E-state index contributed by atoms with van der Waals surface area (Å²) < 4.78 is 40.2. The van der Waals surface area contributed by atoms with Crippen LogP contribution in [-0.2, 0) is 0 Å². The maximum absolute atomic E-state index is 12.2. The number of phenols is 2. The zero-order valence-corrected chi connectivity index (χ0v) is 11.9. The fraction of sp³-hybridized carbons (Fsp3) is 0.0667. The van der Waals surface area contributed by atoms with Crippen LogP contribution in [-0.4, -0.2) is 28.7 Å². The number of aromatic hydroxyl groups is 2. The van der Waals surface area contributed by atoms with E-state index >= 15 is 0 Å². The van der Waals surface area contributed by atoms with E-state index in [9.17, 15) is 28.2 Å². The molecule has 24 heavy (non-hydrogen) atoms. The summed E-state index contributed by atoms with van der Waals surface area (Å²) in [6.45, 7) is 0. The van der Waals surface area contributed by atoms with E-state index in [0.29, 0.717) is 0 Å². The fourth-order valence-corrected chi connectivity index (χ4v) is 1.72. The Morgan fingerprint density at radius 1 is 1.12 bits per heavy atom. The lowest BCUT2D eigenvalue weighted by Gasteiger charge is -2.09. The molecule has 6 nitrogen and oxygen atoms in total. The number of hydrazone groups is 1. The Kier molecular flexibility index (Phi) is 4.93. The number of para-hydroxylation sites is 1. The number of halogens is 3. The molecule has 2 aromatic carbocycles. The number of hydrogen-bond acceptors (Lipinski definition) is 5. The van der Waals surface area contributed by atoms with Gasteiger partial charge < -0.3 is 14.9 Å². The lowest BCUT2D eigenvalue weighted by molar-refractivity contribution is -0.274. The Bertz CT molecular complexity index is 776. The molecule has 0 saturated heterocycles. The minimum atomic E-state index is -4.87. The van der Waals surface area contributed by atoms with E-state index in [-0.39, 0.29) is 22.6 Å². The monoisotopic (exact) mass is 340 g/mol. The van der Waals surface area contributed by atoms with Gasteiger partial charge in [-0.05, 0) is 30.3 Å². The second kappa shape index (κ2) is 6.90. The number of nitrogens with one attached hydrogen (secondary N) is 1. The SMILES string of the molecule is O=C(N/N=C\c1cc(OC(F)(F)F)ccc1O)c1ccccc1O. The molecule has 0 heterocycles. The van der Waals surface area contributed by atoms with Crippen molar-refractivity contribution in [2.75, 3.05) is 0 Å². The third kappa shape index (κ3) is 4.63. The van der Waals surface area contributed by atoms with Gasteiger partial charge in [-0.3, -0.25) is 4.79 Å². The molecule has 0 aliphatic heterocycles. The first-order valence-electron chi connectivity index (χ1n) is 6.46. The summed E-state index contributed by atoms with van der Waals surface area (Å²) in [7, 11) is 0. The molecule has 126 valence electrons. The number of benzene rings is 2. The second-order valence-electron chi connectivity index (χ2n) is 4.48. The number of nitrogens with zero attached hydrogens (tertiary/aromatic N) is 1. The highest BCUT2D eigenvalue weighted by atomic mass is 19.4. The highest BCUT2D eigenvalue weighted by Crippen LogP contribution is 2.26. The number of phenolic OH excluding ortho intramolecular Hbond substituents is 2. The highest BCUT2D eigenvalue weighted by Gasteiger charge is 2.31. The molecule has 0 aliphatic rings. The molecule has 0 radical (unpaired) electrons. The van der Waals surface area contributed by atoms with Gasteiger partial charge in [0.2, 0.25) is 0 Å². The van der Waals surface area contributed by atoms with Crippen LogP contribution in [0.2, 0.25) is 0 Å². The third-order valence-electron chi connectivity index (χ3n) is 2.75. The van der Waals surface area contributed by atoms with Crippen LogP contribution in [0.25, 0.3) is 0 Å². The molecule has 0 bridgehead atoms. The van der Waals surface area contributed by atoms with Crippen molar-refractivity contribution in [1.29, 1.82) is 0 Å². The van der Waals surface area contributed by atoms with Gasteiger partial charge >= 0.3 is 6.36 Å². The fourth-order valence-electron chi connectivity index (χ4n) is 1.72. The standard InChI is InChI=1S/C15H11F3N2O4/c16-15(17,18)24-10-5-6-12(21)9(7-10)8-19-20-14(23)11-3-1-2-4-13(11)22/h1-8,21-22H,(H,20,23)/b19-8-. The van der Waals surface area contributed by atoms with E-state index in [1.165, 1.54) is 24.3 Å². The van der Waals surface area contributed by atoms with Crippen molar-refractivity contribution in [1.82, 2.24) is 5.43 Å². The minimum absolute atomic E-state index is 0.0342. The Balaban J connectivity index is 2.10. The van der Waals surface area contributed by atoms with Gasteiger partial charge in [0.1, 0.15) is 17.2 Å². The van der Waals surface area contributed by atoms with E-state index < -0.39 is 18.0 Å². The molecule has 9 heteroatoms. The molecular formula is C15H11F3N2O4. The number of amides is 1. The Hall–Kier alpha value is -3.23. The largest absolute Gasteiger partial charge is 0.573 e. The van der Waals surface area contributed by atoms with Gasteiger partial charge in [0.05, 0.1) is 11.8 Å². The number of rotatable bonds is 4. The Labute approximate surface area is 133 Å². The van der Waals surface area contributed by atoms with Gasteiger partial charge in [-0.25, -0.2) is 5.43 Å². The lowest BCUT2D eigenvalue weighted by Crippen LogP contribution is -2.18. The predicted octanol–water partition coefficient (Wildman–Crippen LogP) is 2.76. The van der Waals surface area contributed by atoms with Gasteiger partial charge in [0.25, 0.3) is 5.91 Å². The Morgan fingerprint density at radius 2 is 1.83 bits per heavy atom. The summed E-state index contributed by atoms with van der Waals surface area (Å²) in [4.78, 5) is 11.8. The number of hydrogen-bond donors (Lipinski definition) is 3. The van der Waals surface area contributed by atoms with Crippen molar-refractivity contribution >= 4 is 12.1 Å². The van der Waals surface area contributed by atoms with Crippen molar-refractivity contribution in [3.8, 4) is 17.2 Å². The molecular weight excluding hydrogens is 329 g/mol. The van der Waals surface area contributed by atoms with Crippen LogP contribution in [0, 0.1) is 0 Å². The van der Waals surface area contributed by atoms with Crippen LogP contribution >= 0.6 is 0 Å². The molecule has 0 spiro atoms. The van der Waals surface area contributed by atoms with Crippen LogP contribution in [0.5, 0.6) is 17.2 Å². The zero-order chi connectivity index (χ0) is 17.7. The van der Waals surface area contributed by atoms with Gasteiger partial charge in [-0.2, -0.15) is 5.10 Å². The summed E-state index contributed by atoms with van der Waals surface area (Å²) in [6.07, 6.45) is -3.93. The Morgan fingerprint density at radius 3 is 2.50 bits per heavy atom. The van der Waals surface area contributed by atoms with Crippen molar-refractivity contribution < 1.29 is 32.9 Å². The average Bonchev–Trinajstić information content (AvgIpc) is 2.49. The first-order chi connectivity index (χ1) is 11.3. The van der Waals surface area contributed by atoms with Gasteiger partial charge in [0.15, 0.2) is 0 Å². The molecule has 0 aliphatic carbocycles. The molecule has 0 atom stereocenters. The first kappa shape index (κ1) is 17.1. The molecule has 2 aromatic rings. The molecule has 0 saturated carbocycles. The molecule has 0 aromatic heterocycles. The quantitative estimate of drug-likeness (QED) is 0.590. The number of carbonyl (C=O) groups excluding carboxylic acids is 1. The molecule has 0 unspecified atom stereocenters. The van der Waals surface area contributed by atoms with Crippen LogP contribution in [0.3, 0.4) is 0 Å². The molecule has 3 N–H and O–H groups in total. The van der Waals surface area contributed by atoms with Crippen molar-refractivity contribution in [3.05, 3.63) is 53.6 Å². The van der Waals surface area contributed by atoms with E-state index in [1.54, 1.807) is 0 Å². The van der Waals surface area contributed by atoms with Gasteiger partial charge in [-0.1, -0.05) is 12.1 Å². The number of alkyl halides is 3. The smallest absolute Gasteiger partial charge is 0.507 e. The van der Waals surface area contributed by atoms with Gasteiger partial charge in [-0.15, -0.1) is 13.2 Å². The minimum Gasteiger partial charge on any atom is -0.507 e. The average molecular weight is 340 g/mol. The highest BCUT2D eigenvalue weighted by molar-refractivity contribution is 5.97. The number of ether oxygens (including phenoxy) is 1. The first-order valence-corrected chi connectivity index (χ1v) is 6.46. The maximum Gasteiger partial charge on any atom is 0.573 e. The second-order valence-corrected chi connectivity index (χ2v) is 4.48. The van der Waals surface area contributed by atoms with E-state index in [2.05, 4.69) is 15.3 Å². The van der Waals surface area contributed by atoms with Crippen molar-refractivity contribution in [2.45, 2.75) is 6.36 Å². The van der Waals surface area contributed by atoms with E-state index in [1.807, 2.05) is 0 Å². The normalized spacial score (nSPS) is 11.5. The summed E-state index contributed by atoms with van der Waals surface area (Å²) in [6, 6.07) is 8.55.